The van der Waals surface area contributed by atoms with E-state index in [9.17, 15) is 5.26 Å². The highest BCUT2D eigenvalue weighted by Crippen LogP contribution is 2.35. The molecule has 0 fully saturated rings. The highest BCUT2D eigenvalue weighted by atomic mass is 79.9. The lowest BCUT2D eigenvalue weighted by atomic mass is 10.0. The standard InChI is InChI=1S/C25H14Br2N2/c26-18-7-11-24-22(13-18)23-14-19(27)8-12-25(23)29(24)20-9-5-16(6-10-20)21-4-2-1-3-17(21)15-28/h1-14H. The molecule has 0 aliphatic heterocycles. The molecule has 0 aliphatic carbocycles. The van der Waals surface area contributed by atoms with Gasteiger partial charge in [-0.1, -0.05) is 62.2 Å². The minimum Gasteiger partial charge on any atom is -0.309 e. The number of benzene rings is 4. The Morgan fingerprint density at radius 2 is 1.28 bits per heavy atom. The molecule has 0 amide bonds. The van der Waals surface area contributed by atoms with Crippen LogP contribution in [0.5, 0.6) is 0 Å². The first kappa shape index (κ1) is 18.2. The van der Waals surface area contributed by atoms with E-state index in [2.05, 4.69) is 103 Å². The molecule has 5 aromatic rings. The normalized spacial score (nSPS) is 11.1. The summed E-state index contributed by atoms with van der Waals surface area (Å²) in [5.74, 6) is 0. The molecule has 0 bridgehead atoms. The summed E-state index contributed by atoms with van der Waals surface area (Å²) in [6.07, 6.45) is 0. The Morgan fingerprint density at radius 1 is 0.690 bits per heavy atom. The zero-order valence-corrected chi connectivity index (χ0v) is 18.4. The zero-order chi connectivity index (χ0) is 20.0. The molecular weight excluding hydrogens is 488 g/mol. The monoisotopic (exact) mass is 500 g/mol. The van der Waals surface area contributed by atoms with Gasteiger partial charge >= 0.3 is 0 Å². The molecule has 0 aliphatic rings. The smallest absolute Gasteiger partial charge is 0.0998 e. The molecule has 4 aromatic carbocycles. The predicted octanol–water partition coefficient (Wildman–Crippen LogP) is 7.85. The topological polar surface area (TPSA) is 28.7 Å². The molecule has 0 saturated heterocycles. The van der Waals surface area contributed by atoms with Crippen LogP contribution >= 0.6 is 31.9 Å². The third-order valence-corrected chi connectivity index (χ3v) is 6.16. The maximum absolute atomic E-state index is 9.40. The van der Waals surface area contributed by atoms with E-state index in [1.807, 2.05) is 24.3 Å². The molecule has 4 heteroatoms. The molecule has 0 saturated carbocycles. The van der Waals surface area contributed by atoms with Gasteiger partial charge in [-0.2, -0.15) is 5.26 Å². The molecule has 1 heterocycles. The maximum atomic E-state index is 9.40. The quantitative estimate of drug-likeness (QED) is 0.242. The van der Waals surface area contributed by atoms with Crippen molar-refractivity contribution in [2.24, 2.45) is 0 Å². The summed E-state index contributed by atoms with van der Waals surface area (Å²) in [6, 6.07) is 31.2. The van der Waals surface area contributed by atoms with E-state index >= 15 is 0 Å². The first-order valence-corrected chi connectivity index (χ1v) is 10.7. The van der Waals surface area contributed by atoms with Crippen LogP contribution in [-0.4, -0.2) is 4.57 Å². The van der Waals surface area contributed by atoms with E-state index in [0.717, 1.165) is 36.8 Å². The average Bonchev–Trinajstić information content (AvgIpc) is 3.06. The summed E-state index contributed by atoms with van der Waals surface area (Å²) >= 11 is 7.21. The summed E-state index contributed by atoms with van der Waals surface area (Å²) in [6.45, 7) is 0. The summed E-state index contributed by atoms with van der Waals surface area (Å²) in [7, 11) is 0. The Bertz CT molecular complexity index is 1360. The molecular formula is C25H14Br2N2. The van der Waals surface area contributed by atoms with Gasteiger partial charge in [-0.25, -0.2) is 0 Å². The molecule has 1 aromatic heterocycles. The summed E-state index contributed by atoms with van der Waals surface area (Å²) in [5, 5.41) is 11.8. The van der Waals surface area contributed by atoms with Crippen molar-refractivity contribution in [3.8, 4) is 22.9 Å². The van der Waals surface area contributed by atoms with Crippen LogP contribution in [0.1, 0.15) is 5.56 Å². The largest absolute Gasteiger partial charge is 0.309 e. The van der Waals surface area contributed by atoms with Gasteiger partial charge in [0.2, 0.25) is 0 Å². The van der Waals surface area contributed by atoms with Crippen LogP contribution in [0.3, 0.4) is 0 Å². The van der Waals surface area contributed by atoms with E-state index in [-0.39, 0.29) is 0 Å². The summed E-state index contributed by atoms with van der Waals surface area (Å²) < 4.78 is 4.41. The van der Waals surface area contributed by atoms with E-state index in [1.165, 1.54) is 10.8 Å². The predicted molar refractivity (Wildman–Crippen MR) is 126 cm³/mol. The van der Waals surface area contributed by atoms with Crippen LogP contribution in [0, 0.1) is 11.3 Å². The van der Waals surface area contributed by atoms with Crippen molar-refractivity contribution in [1.29, 1.82) is 5.26 Å². The van der Waals surface area contributed by atoms with Crippen molar-refractivity contribution in [2.75, 3.05) is 0 Å². The lowest BCUT2D eigenvalue weighted by molar-refractivity contribution is 1.18. The number of fused-ring (bicyclic) bond motifs is 3. The zero-order valence-electron chi connectivity index (χ0n) is 15.2. The molecule has 0 unspecified atom stereocenters. The fourth-order valence-electron chi connectivity index (χ4n) is 3.87. The van der Waals surface area contributed by atoms with Crippen molar-refractivity contribution in [3.05, 3.63) is 99.4 Å². The van der Waals surface area contributed by atoms with E-state index in [0.29, 0.717) is 5.56 Å². The molecule has 29 heavy (non-hydrogen) atoms. The van der Waals surface area contributed by atoms with Crippen molar-refractivity contribution in [3.63, 3.8) is 0 Å². The molecule has 5 rings (SSSR count). The fourth-order valence-corrected chi connectivity index (χ4v) is 4.59. The van der Waals surface area contributed by atoms with Crippen LogP contribution in [0.4, 0.5) is 0 Å². The first-order valence-electron chi connectivity index (χ1n) is 9.15. The Balaban J connectivity index is 1.73. The Labute approximate surface area is 185 Å². The second-order valence-electron chi connectivity index (χ2n) is 6.86. The van der Waals surface area contributed by atoms with Crippen molar-refractivity contribution >= 4 is 53.7 Å². The minimum absolute atomic E-state index is 0.687. The van der Waals surface area contributed by atoms with Crippen molar-refractivity contribution < 1.29 is 0 Å². The molecule has 138 valence electrons. The highest BCUT2D eigenvalue weighted by molar-refractivity contribution is 9.10. The van der Waals surface area contributed by atoms with Crippen LogP contribution in [0.25, 0.3) is 38.6 Å². The molecule has 0 radical (unpaired) electrons. The number of rotatable bonds is 2. The first-order chi connectivity index (χ1) is 14.2. The van der Waals surface area contributed by atoms with Crippen molar-refractivity contribution in [2.45, 2.75) is 0 Å². The number of hydrogen-bond acceptors (Lipinski definition) is 1. The minimum atomic E-state index is 0.687. The second-order valence-corrected chi connectivity index (χ2v) is 8.69. The summed E-state index contributed by atoms with van der Waals surface area (Å²) in [4.78, 5) is 0. The number of halogens is 2. The molecule has 0 spiro atoms. The van der Waals surface area contributed by atoms with Gasteiger partial charge in [-0.05, 0) is 65.7 Å². The Hall–Kier alpha value is -2.87. The van der Waals surface area contributed by atoms with Crippen LogP contribution in [-0.2, 0) is 0 Å². The SMILES string of the molecule is N#Cc1ccccc1-c1ccc(-n2c3ccc(Br)cc3c3cc(Br)ccc32)cc1. The van der Waals surface area contributed by atoms with Crippen LogP contribution in [0.2, 0.25) is 0 Å². The van der Waals surface area contributed by atoms with E-state index in [4.69, 9.17) is 0 Å². The Morgan fingerprint density at radius 3 is 1.86 bits per heavy atom. The number of nitrogens with zero attached hydrogens (tertiary/aromatic N) is 2. The van der Waals surface area contributed by atoms with Gasteiger partial charge in [0.25, 0.3) is 0 Å². The number of aromatic nitrogens is 1. The fraction of sp³-hybridized carbons (Fsp3) is 0. The van der Waals surface area contributed by atoms with Crippen LogP contribution < -0.4 is 0 Å². The maximum Gasteiger partial charge on any atom is 0.0998 e. The number of hydrogen-bond donors (Lipinski definition) is 0. The van der Waals surface area contributed by atoms with Gasteiger partial charge in [0.1, 0.15) is 0 Å². The van der Waals surface area contributed by atoms with Gasteiger partial charge in [-0.3, -0.25) is 0 Å². The number of nitriles is 1. The van der Waals surface area contributed by atoms with Gasteiger partial charge in [-0.15, -0.1) is 0 Å². The summed E-state index contributed by atoms with van der Waals surface area (Å²) in [5.41, 5.74) is 6.09. The van der Waals surface area contributed by atoms with Gasteiger partial charge < -0.3 is 4.57 Å². The van der Waals surface area contributed by atoms with Gasteiger partial charge in [0.15, 0.2) is 0 Å². The molecule has 0 atom stereocenters. The third kappa shape index (κ3) is 3.07. The van der Waals surface area contributed by atoms with Gasteiger partial charge in [0, 0.05) is 25.4 Å². The van der Waals surface area contributed by atoms with Crippen LogP contribution in [0.15, 0.2) is 93.9 Å². The average molecular weight is 502 g/mol. The lowest BCUT2D eigenvalue weighted by Gasteiger charge is -2.10. The lowest BCUT2D eigenvalue weighted by Crippen LogP contribution is -1.94. The molecule has 0 N–H and O–H groups in total. The second kappa shape index (κ2) is 7.18. The van der Waals surface area contributed by atoms with E-state index < -0.39 is 0 Å². The van der Waals surface area contributed by atoms with Crippen molar-refractivity contribution in [1.82, 2.24) is 4.57 Å². The van der Waals surface area contributed by atoms with Gasteiger partial charge in [0.05, 0.1) is 22.7 Å². The third-order valence-electron chi connectivity index (χ3n) is 5.17. The Kier molecular flexibility index (Phi) is 4.50. The molecule has 2 nitrogen and oxygen atoms in total. The highest BCUT2D eigenvalue weighted by Gasteiger charge is 2.13. The van der Waals surface area contributed by atoms with E-state index in [1.54, 1.807) is 0 Å².